The van der Waals surface area contributed by atoms with Gasteiger partial charge in [0, 0.05) is 49.9 Å². The van der Waals surface area contributed by atoms with Crippen LogP contribution in [0.2, 0.25) is 0 Å². The normalized spacial score (nSPS) is 16.9. The third-order valence-corrected chi connectivity index (χ3v) is 5.52. The van der Waals surface area contributed by atoms with Gasteiger partial charge in [-0.1, -0.05) is 36.4 Å². The standard InChI is InChI=1S/C23H26N4O/c28-22(11-10-19-8-4-12-24-15-19)27-13-5-9-20(17-27)23-21(16-25-26-23)14-18-6-2-1-3-7-18/h1-4,6-8,12,15-16,20H,5,9-11,13-14,17H2,(H,25,26)/t20-/m1/s1. The Hall–Kier alpha value is -2.95. The molecule has 3 heterocycles. The van der Waals surface area contributed by atoms with Gasteiger partial charge >= 0.3 is 0 Å². The summed E-state index contributed by atoms with van der Waals surface area (Å²) in [5.41, 5.74) is 4.82. The van der Waals surface area contributed by atoms with Gasteiger partial charge in [-0.25, -0.2) is 0 Å². The smallest absolute Gasteiger partial charge is 0.222 e. The Morgan fingerprint density at radius 1 is 1.11 bits per heavy atom. The monoisotopic (exact) mass is 374 g/mol. The minimum Gasteiger partial charge on any atom is -0.342 e. The van der Waals surface area contributed by atoms with Gasteiger partial charge in [-0.15, -0.1) is 0 Å². The average Bonchev–Trinajstić information content (AvgIpc) is 3.22. The maximum Gasteiger partial charge on any atom is 0.222 e. The van der Waals surface area contributed by atoms with Crippen molar-refractivity contribution in [3.8, 4) is 0 Å². The molecule has 3 aromatic rings. The molecule has 1 atom stereocenters. The third kappa shape index (κ3) is 4.47. The highest BCUT2D eigenvalue weighted by atomic mass is 16.2. The van der Waals surface area contributed by atoms with E-state index in [-0.39, 0.29) is 5.91 Å². The van der Waals surface area contributed by atoms with E-state index < -0.39 is 0 Å². The van der Waals surface area contributed by atoms with Gasteiger partial charge in [-0.2, -0.15) is 5.10 Å². The quantitative estimate of drug-likeness (QED) is 0.715. The topological polar surface area (TPSA) is 61.9 Å². The lowest BCUT2D eigenvalue weighted by atomic mass is 9.90. The van der Waals surface area contributed by atoms with Crippen LogP contribution in [0.25, 0.3) is 0 Å². The van der Waals surface area contributed by atoms with Crippen LogP contribution in [0.5, 0.6) is 0 Å². The van der Waals surface area contributed by atoms with Gasteiger partial charge in [0.25, 0.3) is 0 Å². The molecule has 4 rings (SSSR count). The van der Waals surface area contributed by atoms with Crippen molar-refractivity contribution in [2.24, 2.45) is 0 Å². The molecule has 0 saturated carbocycles. The summed E-state index contributed by atoms with van der Waals surface area (Å²) in [7, 11) is 0. The summed E-state index contributed by atoms with van der Waals surface area (Å²) in [4.78, 5) is 18.9. The first-order chi connectivity index (χ1) is 13.8. The third-order valence-electron chi connectivity index (χ3n) is 5.52. The fourth-order valence-corrected chi connectivity index (χ4v) is 4.03. The van der Waals surface area contributed by atoms with E-state index in [4.69, 9.17) is 0 Å². The van der Waals surface area contributed by atoms with Gasteiger partial charge in [0.2, 0.25) is 5.91 Å². The van der Waals surface area contributed by atoms with Gasteiger partial charge in [0.15, 0.2) is 0 Å². The Morgan fingerprint density at radius 3 is 2.79 bits per heavy atom. The number of nitrogens with zero attached hydrogens (tertiary/aromatic N) is 3. The Balaban J connectivity index is 1.39. The molecule has 144 valence electrons. The van der Waals surface area contributed by atoms with Crippen LogP contribution in [0.1, 0.15) is 47.6 Å². The Morgan fingerprint density at radius 2 is 1.96 bits per heavy atom. The molecule has 5 nitrogen and oxygen atoms in total. The fourth-order valence-electron chi connectivity index (χ4n) is 4.03. The van der Waals surface area contributed by atoms with Crippen LogP contribution in [0, 0.1) is 0 Å². The summed E-state index contributed by atoms with van der Waals surface area (Å²) in [6.45, 7) is 1.63. The molecule has 1 aliphatic rings. The fraction of sp³-hybridized carbons (Fsp3) is 0.348. The van der Waals surface area contributed by atoms with E-state index in [1.165, 1.54) is 16.8 Å². The molecule has 0 aliphatic carbocycles. The molecule has 1 saturated heterocycles. The number of likely N-dealkylation sites (tertiary alicyclic amines) is 1. The van der Waals surface area contributed by atoms with Crippen molar-refractivity contribution in [2.75, 3.05) is 13.1 Å². The maximum absolute atomic E-state index is 12.7. The molecule has 1 aliphatic heterocycles. The molecule has 0 spiro atoms. The van der Waals surface area contributed by atoms with Gasteiger partial charge in [-0.3, -0.25) is 14.9 Å². The minimum atomic E-state index is 0.234. The van der Waals surface area contributed by atoms with Gasteiger partial charge in [0.1, 0.15) is 0 Å². The van der Waals surface area contributed by atoms with E-state index in [0.717, 1.165) is 44.3 Å². The van der Waals surface area contributed by atoms with Crippen molar-refractivity contribution in [1.82, 2.24) is 20.1 Å². The zero-order chi connectivity index (χ0) is 19.2. The second-order valence-corrected chi connectivity index (χ2v) is 7.51. The first kappa shape index (κ1) is 18.4. The van der Waals surface area contributed by atoms with Gasteiger partial charge in [0.05, 0.1) is 6.20 Å². The number of aromatic amines is 1. The maximum atomic E-state index is 12.7. The number of benzene rings is 1. The predicted octanol–water partition coefficient (Wildman–Crippen LogP) is 3.73. The van der Waals surface area contributed by atoms with Crippen molar-refractivity contribution >= 4 is 5.91 Å². The molecule has 0 unspecified atom stereocenters. The van der Waals surface area contributed by atoms with Crippen molar-refractivity contribution < 1.29 is 4.79 Å². The number of amides is 1. The van der Waals surface area contributed by atoms with Crippen LogP contribution < -0.4 is 0 Å². The van der Waals surface area contributed by atoms with Gasteiger partial charge < -0.3 is 4.90 Å². The predicted molar refractivity (Wildman–Crippen MR) is 109 cm³/mol. The molecule has 0 radical (unpaired) electrons. The highest BCUT2D eigenvalue weighted by Gasteiger charge is 2.27. The molecule has 5 heteroatoms. The zero-order valence-electron chi connectivity index (χ0n) is 16.1. The summed E-state index contributed by atoms with van der Waals surface area (Å²) in [6, 6.07) is 14.4. The van der Waals surface area contributed by atoms with Crippen molar-refractivity contribution in [3.05, 3.63) is 83.4 Å². The van der Waals surface area contributed by atoms with E-state index in [2.05, 4.69) is 39.4 Å². The second-order valence-electron chi connectivity index (χ2n) is 7.51. The van der Waals surface area contributed by atoms with Crippen LogP contribution >= 0.6 is 0 Å². The number of H-pyrrole nitrogens is 1. The number of piperidine rings is 1. The van der Waals surface area contributed by atoms with Gasteiger partial charge in [-0.05, 0) is 42.0 Å². The van der Waals surface area contributed by atoms with E-state index in [1.54, 1.807) is 6.20 Å². The van der Waals surface area contributed by atoms with Crippen LogP contribution in [0.4, 0.5) is 0 Å². The first-order valence-electron chi connectivity index (χ1n) is 10.0. The summed E-state index contributed by atoms with van der Waals surface area (Å²) in [6.07, 6.45) is 9.83. The molecule has 1 aromatic carbocycles. The number of rotatable bonds is 6. The number of carbonyl (C=O) groups excluding carboxylic acids is 1. The number of hydrogen-bond acceptors (Lipinski definition) is 3. The Bertz CT molecular complexity index is 891. The highest BCUT2D eigenvalue weighted by Crippen LogP contribution is 2.29. The molecule has 1 fully saturated rings. The van der Waals surface area contributed by atoms with E-state index >= 15 is 0 Å². The average molecular weight is 374 g/mol. The van der Waals surface area contributed by atoms with Crippen molar-refractivity contribution in [1.29, 1.82) is 0 Å². The van der Waals surface area contributed by atoms with E-state index in [9.17, 15) is 4.79 Å². The number of aryl methyl sites for hydroxylation is 1. The van der Waals surface area contributed by atoms with Crippen LogP contribution in [-0.4, -0.2) is 39.1 Å². The lowest BCUT2D eigenvalue weighted by Crippen LogP contribution is -2.39. The summed E-state index contributed by atoms with van der Waals surface area (Å²) in [5.74, 6) is 0.565. The SMILES string of the molecule is O=C(CCc1cccnc1)N1CCC[C@@H](c2[nH]ncc2Cc2ccccc2)C1. The Kier molecular flexibility index (Phi) is 5.80. The molecule has 1 N–H and O–H groups in total. The molecule has 1 amide bonds. The molecular formula is C23H26N4O. The number of aromatic nitrogens is 3. The number of nitrogens with one attached hydrogen (secondary N) is 1. The Labute approximate surface area is 165 Å². The lowest BCUT2D eigenvalue weighted by Gasteiger charge is -2.33. The van der Waals surface area contributed by atoms with E-state index in [0.29, 0.717) is 12.3 Å². The van der Waals surface area contributed by atoms with E-state index in [1.807, 2.05) is 35.5 Å². The largest absolute Gasteiger partial charge is 0.342 e. The summed E-state index contributed by atoms with van der Waals surface area (Å²) < 4.78 is 0. The minimum absolute atomic E-state index is 0.234. The van der Waals surface area contributed by atoms with Crippen LogP contribution in [-0.2, 0) is 17.6 Å². The highest BCUT2D eigenvalue weighted by molar-refractivity contribution is 5.76. The number of hydrogen-bond donors (Lipinski definition) is 1. The summed E-state index contributed by atoms with van der Waals surface area (Å²) >= 11 is 0. The number of carbonyl (C=O) groups is 1. The number of pyridine rings is 1. The molecular weight excluding hydrogens is 348 g/mol. The second kappa shape index (κ2) is 8.83. The molecule has 2 aromatic heterocycles. The first-order valence-corrected chi connectivity index (χ1v) is 10.0. The lowest BCUT2D eigenvalue weighted by molar-refractivity contribution is -0.132. The zero-order valence-corrected chi connectivity index (χ0v) is 16.1. The van der Waals surface area contributed by atoms with Crippen molar-refractivity contribution in [2.45, 2.75) is 38.0 Å². The summed E-state index contributed by atoms with van der Waals surface area (Å²) in [5, 5.41) is 7.52. The van der Waals surface area contributed by atoms with Crippen LogP contribution in [0.3, 0.4) is 0 Å². The van der Waals surface area contributed by atoms with Crippen LogP contribution in [0.15, 0.2) is 61.1 Å². The molecule has 28 heavy (non-hydrogen) atoms. The molecule has 0 bridgehead atoms. The van der Waals surface area contributed by atoms with Crippen molar-refractivity contribution in [3.63, 3.8) is 0 Å².